The molecule has 0 aliphatic rings. The van der Waals surface area contributed by atoms with Crippen LogP contribution in [0.4, 0.5) is 0 Å². The maximum Gasteiger partial charge on any atom is 0.338 e. The topological polar surface area (TPSA) is 87.3 Å². The van der Waals surface area contributed by atoms with Crippen molar-refractivity contribution >= 4 is 28.6 Å². The highest BCUT2D eigenvalue weighted by atomic mass is 32.1. The molecule has 142 valence electrons. The Kier molecular flexibility index (Phi) is 5.45. The van der Waals surface area contributed by atoms with Crippen LogP contribution < -0.4 is 4.74 Å². The smallest absolute Gasteiger partial charge is 0.338 e. The number of aromatic nitrogens is 3. The lowest BCUT2D eigenvalue weighted by Crippen LogP contribution is -2.06. The maximum atomic E-state index is 12.3. The third-order valence-electron chi connectivity index (χ3n) is 3.70. The molecule has 7 nitrogen and oxygen atoms in total. The molecular weight excluding hydrogens is 398 g/mol. The van der Waals surface area contributed by atoms with Gasteiger partial charge >= 0.3 is 5.97 Å². The average molecular weight is 413 g/mol. The lowest BCUT2D eigenvalue weighted by atomic mass is 10.2. The van der Waals surface area contributed by atoms with E-state index < -0.39 is 5.97 Å². The van der Waals surface area contributed by atoms with Crippen LogP contribution in [-0.2, 0) is 18.0 Å². The van der Waals surface area contributed by atoms with Crippen LogP contribution in [0.15, 0.2) is 51.0 Å². The van der Waals surface area contributed by atoms with Crippen molar-refractivity contribution in [2.24, 2.45) is 0 Å². The first-order chi connectivity index (χ1) is 13.7. The molecule has 0 N–H and O–H groups in total. The first-order valence-electron chi connectivity index (χ1n) is 8.33. The van der Waals surface area contributed by atoms with E-state index in [1.54, 1.807) is 46.9 Å². The van der Waals surface area contributed by atoms with Gasteiger partial charge in [0.15, 0.2) is 6.61 Å². The quantitative estimate of drug-likeness (QED) is 0.412. The normalized spacial score (nSPS) is 10.8. The minimum Gasteiger partial charge on any atom is -0.487 e. The average Bonchev–Trinajstić information content (AvgIpc) is 3.46. The number of ether oxygens (including phenoxy) is 2. The van der Waals surface area contributed by atoms with Crippen LogP contribution in [0.2, 0.25) is 0 Å². The molecule has 0 atom stereocenters. The number of esters is 1. The molecular formula is C19H15N3O4S2. The Labute approximate surface area is 168 Å². The summed E-state index contributed by atoms with van der Waals surface area (Å²) in [6.07, 6.45) is 0. The summed E-state index contributed by atoms with van der Waals surface area (Å²) in [7, 11) is 0. The van der Waals surface area contributed by atoms with Crippen molar-refractivity contribution in [2.45, 2.75) is 20.1 Å². The fraction of sp³-hybridized carbons (Fsp3) is 0.158. The lowest BCUT2D eigenvalue weighted by molar-refractivity contribution is 0.0429. The van der Waals surface area contributed by atoms with Gasteiger partial charge in [0, 0.05) is 16.3 Å². The number of rotatable bonds is 7. The molecule has 9 heteroatoms. The Morgan fingerprint density at radius 1 is 1.18 bits per heavy atom. The molecule has 0 fully saturated rings. The second-order valence-corrected chi connectivity index (χ2v) is 7.62. The summed E-state index contributed by atoms with van der Waals surface area (Å²) in [5, 5.41) is 10.7. The second kappa shape index (κ2) is 8.32. The third kappa shape index (κ3) is 4.44. The van der Waals surface area contributed by atoms with Crippen molar-refractivity contribution in [1.29, 1.82) is 0 Å². The SMILES string of the molecule is Cc1nc(COc2cccc(C(=O)OCc3nc(-c4ccsc4)no3)c2)cs1. The number of carbonyl (C=O) groups excluding carboxylic acids is 1. The number of nitrogens with zero attached hydrogens (tertiary/aromatic N) is 3. The van der Waals surface area contributed by atoms with Gasteiger partial charge in [0.25, 0.3) is 5.89 Å². The van der Waals surface area contributed by atoms with Crippen molar-refractivity contribution in [3.05, 3.63) is 68.6 Å². The van der Waals surface area contributed by atoms with Crippen molar-refractivity contribution < 1.29 is 18.8 Å². The molecule has 0 saturated carbocycles. The van der Waals surface area contributed by atoms with Crippen LogP contribution in [0.1, 0.15) is 27.0 Å². The van der Waals surface area contributed by atoms with E-state index >= 15 is 0 Å². The molecule has 0 radical (unpaired) electrons. The number of benzene rings is 1. The lowest BCUT2D eigenvalue weighted by Gasteiger charge is -2.06. The minimum absolute atomic E-state index is 0.0981. The Balaban J connectivity index is 1.34. The van der Waals surface area contributed by atoms with E-state index in [1.807, 2.05) is 29.1 Å². The van der Waals surface area contributed by atoms with Gasteiger partial charge < -0.3 is 14.0 Å². The van der Waals surface area contributed by atoms with Crippen LogP contribution in [0, 0.1) is 6.92 Å². The van der Waals surface area contributed by atoms with Gasteiger partial charge in [0.05, 0.1) is 16.3 Å². The van der Waals surface area contributed by atoms with Gasteiger partial charge in [0.1, 0.15) is 12.4 Å². The highest BCUT2D eigenvalue weighted by Crippen LogP contribution is 2.20. The largest absolute Gasteiger partial charge is 0.487 e. The maximum absolute atomic E-state index is 12.3. The molecule has 0 saturated heterocycles. The summed E-state index contributed by atoms with van der Waals surface area (Å²) in [4.78, 5) is 20.9. The van der Waals surface area contributed by atoms with Crippen LogP contribution in [0.3, 0.4) is 0 Å². The van der Waals surface area contributed by atoms with Gasteiger partial charge in [-0.05, 0) is 36.6 Å². The number of carbonyl (C=O) groups is 1. The third-order valence-corrected chi connectivity index (χ3v) is 5.20. The first kappa shape index (κ1) is 18.3. The van der Waals surface area contributed by atoms with Crippen molar-refractivity contribution in [2.75, 3.05) is 0 Å². The summed E-state index contributed by atoms with van der Waals surface area (Å²) >= 11 is 3.11. The predicted octanol–water partition coefficient (Wildman–Crippen LogP) is 4.50. The second-order valence-electron chi connectivity index (χ2n) is 5.77. The fourth-order valence-electron chi connectivity index (χ4n) is 2.38. The molecule has 3 aromatic heterocycles. The molecule has 4 aromatic rings. The predicted molar refractivity (Wildman–Crippen MR) is 104 cm³/mol. The van der Waals surface area contributed by atoms with E-state index in [0.717, 1.165) is 16.3 Å². The van der Waals surface area contributed by atoms with Gasteiger partial charge in [-0.15, -0.1) is 11.3 Å². The molecule has 4 rings (SSSR count). The molecule has 0 aliphatic carbocycles. The molecule has 0 spiro atoms. The molecule has 0 aliphatic heterocycles. The summed E-state index contributed by atoms with van der Waals surface area (Å²) in [6.45, 7) is 2.19. The summed E-state index contributed by atoms with van der Waals surface area (Å²) < 4.78 is 16.1. The van der Waals surface area contributed by atoms with Gasteiger partial charge in [-0.3, -0.25) is 0 Å². The Morgan fingerprint density at radius 2 is 2.11 bits per heavy atom. The van der Waals surface area contributed by atoms with Gasteiger partial charge in [0.2, 0.25) is 5.82 Å². The molecule has 0 unspecified atom stereocenters. The Bertz CT molecular complexity index is 1070. The van der Waals surface area contributed by atoms with E-state index in [4.69, 9.17) is 14.0 Å². The van der Waals surface area contributed by atoms with E-state index in [9.17, 15) is 4.79 Å². The van der Waals surface area contributed by atoms with Crippen LogP contribution in [0.5, 0.6) is 5.75 Å². The van der Waals surface area contributed by atoms with E-state index in [-0.39, 0.29) is 12.5 Å². The molecule has 0 bridgehead atoms. The van der Waals surface area contributed by atoms with Gasteiger partial charge in [-0.1, -0.05) is 11.2 Å². The number of thiazole rings is 1. The summed E-state index contributed by atoms with van der Waals surface area (Å²) in [5.74, 6) is 0.781. The molecule has 28 heavy (non-hydrogen) atoms. The molecule has 1 aromatic carbocycles. The number of hydrogen-bond donors (Lipinski definition) is 0. The number of aryl methyl sites for hydroxylation is 1. The van der Waals surface area contributed by atoms with Crippen LogP contribution in [-0.4, -0.2) is 21.1 Å². The first-order valence-corrected chi connectivity index (χ1v) is 10.2. The standard InChI is InChI=1S/C19H15N3O4S2/c1-12-20-15(11-28-12)8-24-16-4-2-3-13(7-16)19(23)25-9-17-21-18(22-26-17)14-5-6-27-10-14/h2-7,10-11H,8-9H2,1H3. The fourth-order valence-corrected chi connectivity index (χ4v) is 3.61. The monoisotopic (exact) mass is 413 g/mol. The summed E-state index contributed by atoms with van der Waals surface area (Å²) in [6, 6.07) is 8.70. The molecule has 3 heterocycles. The highest BCUT2D eigenvalue weighted by Gasteiger charge is 2.13. The Hall–Kier alpha value is -3.04. The summed E-state index contributed by atoms with van der Waals surface area (Å²) in [5.41, 5.74) is 2.10. The zero-order valence-electron chi connectivity index (χ0n) is 14.8. The highest BCUT2D eigenvalue weighted by molar-refractivity contribution is 7.09. The van der Waals surface area contributed by atoms with E-state index in [1.165, 1.54) is 0 Å². The van der Waals surface area contributed by atoms with Gasteiger partial charge in [-0.2, -0.15) is 16.3 Å². The zero-order valence-corrected chi connectivity index (χ0v) is 16.5. The number of thiophene rings is 1. The van der Waals surface area contributed by atoms with E-state index in [0.29, 0.717) is 23.7 Å². The van der Waals surface area contributed by atoms with Crippen LogP contribution in [0.25, 0.3) is 11.4 Å². The van der Waals surface area contributed by atoms with Crippen molar-refractivity contribution in [3.8, 4) is 17.1 Å². The van der Waals surface area contributed by atoms with Gasteiger partial charge in [-0.25, -0.2) is 9.78 Å². The van der Waals surface area contributed by atoms with Crippen molar-refractivity contribution in [1.82, 2.24) is 15.1 Å². The Morgan fingerprint density at radius 3 is 2.89 bits per heavy atom. The zero-order chi connectivity index (χ0) is 19.3. The minimum atomic E-state index is -0.495. The van der Waals surface area contributed by atoms with Crippen LogP contribution >= 0.6 is 22.7 Å². The van der Waals surface area contributed by atoms with E-state index in [2.05, 4.69) is 15.1 Å². The molecule has 0 amide bonds. The number of hydrogen-bond acceptors (Lipinski definition) is 9. The van der Waals surface area contributed by atoms with Crippen molar-refractivity contribution in [3.63, 3.8) is 0 Å².